The third kappa shape index (κ3) is 5.37. The lowest BCUT2D eigenvalue weighted by Gasteiger charge is -2.44. The first-order chi connectivity index (χ1) is 10.6. The number of carbonyl (C=O) groups is 1. The summed E-state index contributed by atoms with van der Waals surface area (Å²) in [6.07, 6.45) is 7.17. The zero-order chi connectivity index (χ0) is 17.3. The number of hydrogen-bond donors (Lipinski definition) is 1. The summed E-state index contributed by atoms with van der Waals surface area (Å²) in [4.78, 5) is 14.4. The minimum Gasteiger partial charge on any atom is -0.444 e. The zero-order valence-corrected chi connectivity index (χ0v) is 15.9. The molecule has 1 amide bonds. The van der Waals surface area contributed by atoms with Crippen LogP contribution in [0.25, 0.3) is 0 Å². The van der Waals surface area contributed by atoms with E-state index in [4.69, 9.17) is 4.74 Å². The molecule has 0 aromatic rings. The van der Waals surface area contributed by atoms with Gasteiger partial charge in [0.05, 0.1) is 0 Å². The van der Waals surface area contributed by atoms with E-state index in [-0.39, 0.29) is 12.1 Å². The second kappa shape index (κ2) is 7.00. The average molecular weight is 325 g/mol. The fourth-order valence-electron chi connectivity index (χ4n) is 4.09. The molecule has 1 heterocycles. The van der Waals surface area contributed by atoms with Crippen molar-refractivity contribution in [2.45, 2.75) is 104 Å². The van der Waals surface area contributed by atoms with Crippen LogP contribution < -0.4 is 5.32 Å². The van der Waals surface area contributed by atoms with Crippen LogP contribution in [0.15, 0.2) is 0 Å². The van der Waals surface area contributed by atoms with Gasteiger partial charge in [0.15, 0.2) is 0 Å². The quantitative estimate of drug-likeness (QED) is 0.822. The van der Waals surface area contributed by atoms with Gasteiger partial charge in [-0.25, -0.2) is 4.79 Å². The Kier molecular flexibility index (Phi) is 5.65. The van der Waals surface area contributed by atoms with Gasteiger partial charge in [-0.05, 0) is 65.2 Å². The number of piperidine rings is 1. The normalized spacial score (nSPS) is 31.7. The molecule has 2 aliphatic rings. The van der Waals surface area contributed by atoms with Gasteiger partial charge in [0.1, 0.15) is 5.60 Å². The molecule has 2 fully saturated rings. The summed E-state index contributed by atoms with van der Waals surface area (Å²) in [5.74, 6) is 0. The van der Waals surface area contributed by atoms with Gasteiger partial charge in [0.25, 0.3) is 0 Å². The Labute approximate surface area is 142 Å². The van der Waals surface area contributed by atoms with E-state index in [0.29, 0.717) is 17.5 Å². The molecule has 0 radical (unpaired) electrons. The van der Waals surface area contributed by atoms with Gasteiger partial charge in [-0.1, -0.05) is 20.3 Å². The van der Waals surface area contributed by atoms with Crippen LogP contribution in [0.2, 0.25) is 0 Å². The van der Waals surface area contributed by atoms with Crippen LogP contribution >= 0.6 is 0 Å². The molecule has 1 aliphatic heterocycles. The Morgan fingerprint density at radius 1 is 1.22 bits per heavy atom. The number of amides is 1. The monoisotopic (exact) mass is 324 g/mol. The Morgan fingerprint density at radius 2 is 1.91 bits per heavy atom. The molecule has 4 nitrogen and oxygen atoms in total. The lowest BCUT2D eigenvalue weighted by atomic mass is 9.75. The number of hydrogen-bond acceptors (Lipinski definition) is 3. The number of likely N-dealkylation sites (tertiary alicyclic amines) is 1. The second-order valence-electron chi connectivity index (χ2n) is 9.29. The van der Waals surface area contributed by atoms with E-state index < -0.39 is 5.60 Å². The summed E-state index contributed by atoms with van der Waals surface area (Å²) in [6.45, 7) is 13.5. The molecule has 0 aromatic carbocycles. The van der Waals surface area contributed by atoms with Crippen molar-refractivity contribution >= 4 is 6.09 Å². The highest BCUT2D eigenvalue weighted by Crippen LogP contribution is 2.35. The van der Waals surface area contributed by atoms with E-state index in [9.17, 15) is 4.79 Å². The summed E-state index contributed by atoms with van der Waals surface area (Å²) >= 11 is 0. The maximum absolute atomic E-state index is 12.4. The minimum absolute atomic E-state index is 0.166. The van der Waals surface area contributed by atoms with Crippen LogP contribution in [-0.4, -0.2) is 41.3 Å². The standard InChI is InChI=1S/C19H36N2O2/c1-14-16(20-15-9-7-11-19(5,6)13-15)10-8-12-21(14)17(22)23-18(2,3)4/h14-16,20H,7-13H2,1-6H3. The Hall–Kier alpha value is -0.770. The van der Waals surface area contributed by atoms with Gasteiger partial charge in [-0.3, -0.25) is 0 Å². The number of rotatable bonds is 2. The highest BCUT2D eigenvalue weighted by Gasteiger charge is 2.36. The van der Waals surface area contributed by atoms with Crippen molar-refractivity contribution in [3.63, 3.8) is 0 Å². The van der Waals surface area contributed by atoms with Gasteiger partial charge in [0, 0.05) is 24.7 Å². The van der Waals surface area contributed by atoms with E-state index in [1.165, 1.54) is 25.7 Å². The van der Waals surface area contributed by atoms with Gasteiger partial charge in [0.2, 0.25) is 0 Å². The first-order valence-electron chi connectivity index (χ1n) is 9.33. The lowest BCUT2D eigenvalue weighted by molar-refractivity contribution is 0.00529. The molecule has 0 bridgehead atoms. The van der Waals surface area contributed by atoms with Crippen molar-refractivity contribution < 1.29 is 9.53 Å². The third-order valence-electron chi connectivity index (χ3n) is 5.27. The summed E-state index contributed by atoms with van der Waals surface area (Å²) in [5, 5.41) is 3.86. The summed E-state index contributed by atoms with van der Waals surface area (Å²) < 4.78 is 5.58. The molecule has 0 spiro atoms. The SMILES string of the molecule is CC1C(NC2CCCC(C)(C)C2)CCCN1C(=O)OC(C)(C)C. The van der Waals surface area contributed by atoms with Gasteiger partial charge in [-0.2, -0.15) is 0 Å². The van der Waals surface area contributed by atoms with Gasteiger partial charge < -0.3 is 15.0 Å². The molecule has 0 aromatic heterocycles. The molecule has 3 atom stereocenters. The molecule has 1 aliphatic carbocycles. The Bertz CT molecular complexity index is 414. The van der Waals surface area contributed by atoms with Crippen molar-refractivity contribution in [2.75, 3.05) is 6.54 Å². The molecule has 1 N–H and O–H groups in total. The topological polar surface area (TPSA) is 41.6 Å². The summed E-state index contributed by atoms with van der Waals surface area (Å²) in [7, 11) is 0. The summed E-state index contributed by atoms with van der Waals surface area (Å²) in [6, 6.07) is 1.17. The maximum Gasteiger partial charge on any atom is 0.410 e. The van der Waals surface area contributed by atoms with Crippen LogP contribution in [0.1, 0.15) is 80.1 Å². The number of nitrogens with zero attached hydrogens (tertiary/aromatic N) is 1. The average Bonchev–Trinajstić information content (AvgIpc) is 2.38. The Morgan fingerprint density at radius 3 is 2.52 bits per heavy atom. The van der Waals surface area contributed by atoms with E-state index >= 15 is 0 Å². The number of ether oxygens (including phenoxy) is 1. The fourth-order valence-corrected chi connectivity index (χ4v) is 4.09. The molecule has 1 saturated carbocycles. The molecule has 4 heteroatoms. The first-order valence-corrected chi connectivity index (χ1v) is 9.33. The van der Waals surface area contributed by atoms with Gasteiger partial charge >= 0.3 is 6.09 Å². The van der Waals surface area contributed by atoms with Crippen molar-refractivity contribution in [2.24, 2.45) is 5.41 Å². The molecule has 3 unspecified atom stereocenters. The number of carbonyl (C=O) groups excluding carboxylic acids is 1. The molecule has 1 saturated heterocycles. The van der Waals surface area contributed by atoms with Crippen LogP contribution in [-0.2, 0) is 4.74 Å². The van der Waals surface area contributed by atoms with Crippen LogP contribution in [0.4, 0.5) is 4.79 Å². The summed E-state index contributed by atoms with van der Waals surface area (Å²) in [5.41, 5.74) is 0.0171. The second-order valence-corrected chi connectivity index (χ2v) is 9.29. The first kappa shape index (κ1) is 18.6. The van der Waals surface area contributed by atoms with Crippen LogP contribution in [0.3, 0.4) is 0 Å². The van der Waals surface area contributed by atoms with Crippen molar-refractivity contribution in [3.05, 3.63) is 0 Å². The zero-order valence-electron chi connectivity index (χ0n) is 15.9. The Balaban J connectivity index is 1.94. The predicted molar refractivity (Wildman–Crippen MR) is 94.6 cm³/mol. The van der Waals surface area contributed by atoms with E-state index in [0.717, 1.165) is 19.4 Å². The third-order valence-corrected chi connectivity index (χ3v) is 5.27. The van der Waals surface area contributed by atoms with Crippen LogP contribution in [0, 0.1) is 5.41 Å². The van der Waals surface area contributed by atoms with E-state index in [1.807, 2.05) is 25.7 Å². The molecular formula is C19H36N2O2. The highest BCUT2D eigenvalue weighted by atomic mass is 16.6. The van der Waals surface area contributed by atoms with Crippen molar-refractivity contribution in [3.8, 4) is 0 Å². The van der Waals surface area contributed by atoms with E-state index in [1.54, 1.807) is 0 Å². The lowest BCUT2D eigenvalue weighted by Crippen LogP contribution is -2.57. The smallest absolute Gasteiger partial charge is 0.410 e. The fraction of sp³-hybridized carbons (Fsp3) is 0.947. The van der Waals surface area contributed by atoms with E-state index in [2.05, 4.69) is 26.1 Å². The maximum atomic E-state index is 12.4. The molecule has 134 valence electrons. The minimum atomic E-state index is -0.426. The number of nitrogens with one attached hydrogen (secondary N) is 1. The predicted octanol–water partition coefficient (Wildman–Crippen LogP) is 4.33. The molecular weight excluding hydrogens is 288 g/mol. The van der Waals surface area contributed by atoms with Crippen molar-refractivity contribution in [1.82, 2.24) is 10.2 Å². The molecule has 2 rings (SSSR count). The van der Waals surface area contributed by atoms with Crippen molar-refractivity contribution in [1.29, 1.82) is 0 Å². The van der Waals surface area contributed by atoms with Crippen LogP contribution in [0.5, 0.6) is 0 Å². The van der Waals surface area contributed by atoms with Gasteiger partial charge in [-0.15, -0.1) is 0 Å². The highest BCUT2D eigenvalue weighted by molar-refractivity contribution is 5.68. The molecule has 23 heavy (non-hydrogen) atoms. The largest absolute Gasteiger partial charge is 0.444 e.